The fourth-order valence-corrected chi connectivity index (χ4v) is 3.91. The standard InChI is InChI=1S/C20H24N2O5S/c1-15-5-3-4-6-17(15)22(28(2,24)25)14-20(23)21-10-9-16-7-8-18-19(13-16)27-12-11-26-18/h3-8,13H,9-12,14H2,1-2H3,(H,21,23). The quantitative estimate of drug-likeness (QED) is 0.762. The molecule has 2 aromatic carbocycles. The van der Waals surface area contributed by atoms with Crippen LogP contribution in [0.4, 0.5) is 5.69 Å². The van der Waals surface area contributed by atoms with Gasteiger partial charge >= 0.3 is 0 Å². The molecule has 1 amide bonds. The number of ether oxygens (including phenoxy) is 2. The first kappa shape index (κ1) is 20.0. The van der Waals surface area contributed by atoms with E-state index < -0.39 is 10.0 Å². The third kappa shape index (κ3) is 4.95. The monoisotopic (exact) mass is 404 g/mol. The number of nitrogens with zero attached hydrogens (tertiary/aromatic N) is 1. The zero-order valence-corrected chi connectivity index (χ0v) is 16.8. The van der Waals surface area contributed by atoms with Crippen molar-refractivity contribution in [2.75, 3.05) is 36.9 Å². The Balaban J connectivity index is 1.59. The average Bonchev–Trinajstić information content (AvgIpc) is 2.66. The lowest BCUT2D eigenvalue weighted by Crippen LogP contribution is -2.41. The summed E-state index contributed by atoms with van der Waals surface area (Å²) in [7, 11) is -3.58. The van der Waals surface area contributed by atoms with E-state index in [0.29, 0.717) is 37.6 Å². The maximum Gasteiger partial charge on any atom is 0.240 e. The molecule has 0 saturated carbocycles. The largest absolute Gasteiger partial charge is 0.486 e. The molecule has 1 heterocycles. The molecule has 0 aromatic heterocycles. The van der Waals surface area contributed by atoms with E-state index in [0.717, 1.165) is 27.4 Å². The number of carbonyl (C=O) groups is 1. The molecule has 150 valence electrons. The number of rotatable bonds is 7. The van der Waals surface area contributed by atoms with E-state index >= 15 is 0 Å². The van der Waals surface area contributed by atoms with Crippen LogP contribution in [0.1, 0.15) is 11.1 Å². The Bertz CT molecular complexity index is 959. The molecule has 0 spiro atoms. The lowest BCUT2D eigenvalue weighted by atomic mass is 10.1. The van der Waals surface area contributed by atoms with Gasteiger partial charge in [0.25, 0.3) is 0 Å². The van der Waals surface area contributed by atoms with Gasteiger partial charge in [0.1, 0.15) is 19.8 Å². The molecule has 0 bridgehead atoms. The summed E-state index contributed by atoms with van der Waals surface area (Å²) >= 11 is 0. The first-order chi connectivity index (χ1) is 13.3. The third-order valence-electron chi connectivity index (χ3n) is 4.41. The van der Waals surface area contributed by atoms with E-state index in [-0.39, 0.29) is 12.5 Å². The van der Waals surface area contributed by atoms with Crippen LogP contribution in [0, 0.1) is 6.92 Å². The topological polar surface area (TPSA) is 84.9 Å². The lowest BCUT2D eigenvalue weighted by Gasteiger charge is -2.23. The summed E-state index contributed by atoms with van der Waals surface area (Å²) in [6.45, 7) is 3.01. The van der Waals surface area contributed by atoms with Crippen LogP contribution in [-0.2, 0) is 21.2 Å². The third-order valence-corrected chi connectivity index (χ3v) is 5.54. The second-order valence-electron chi connectivity index (χ2n) is 6.63. The van der Waals surface area contributed by atoms with Crippen molar-refractivity contribution in [3.8, 4) is 11.5 Å². The van der Waals surface area contributed by atoms with Gasteiger partial charge in [0.15, 0.2) is 11.5 Å². The Labute approximate surface area is 165 Å². The van der Waals surface area contributed by atoms with Gasteiger partial charge in [-0.1, -0.05) is 24.3 Å². The van der Waals surface area contributed by atoms with Gasteiger partial charge in [0, 0.05) is 6.54 Å². The SMILES string of the molecule is Cc1ccccc1N(CC(=O)NCCc1ccc2c(c1)OCCO2)S(C)(=O)=O. The van der Waals surface area contributed by atoms with Crippen LogP contribution < -0.4 is 19.1 Å². The number of carbonyl (C=O) groups excluding carboxylic acids is 1. The fourth-order valence-electron chi connectivity index (χ4n) is 3.00. The molecule has 3 rings (SSSR count). The highest BCUT2D eigenvalue weighted by Crippen LogP contribution is 2.30. The second-order valence-corrected chi connectivity index (χ2v) is 8.54. The number of fused-ring (bicyclic) bond motifs is 1. The molecule has 0 atom stereocenters. The number of amides is 1. The number of benzene rings is 2. The van der Waals surface area contributed by atoms with Gasteiger partial charge in [-0.2, -0.15) is 0 Å². The van der Waals surface area contributed by atoms with Gasteiger partial charge in [-0.25, -0.2) is 8.42 Å². The van der Waals surface area contributed by atoms with Crippen molar-refractivity contribution in [3.63, 3.8) is 0 Å². The molecular formula is C20H24N2O5S. The van der Waals surface area contributed by atoms with Crippen molar-refractivity contribution in [2.45, 2.75) is 13.3 Å². The predicted octanol–water partition coefficient (Wildman–Crippen LogP) is 1.89. The molecule has 0 aliphatic carbocycles. The van der Waals surface area contributed by atoms with E-state index in [1.807, 2.05) is 37.3 Å². The molecule has 28 heavy (non-hydrogen) atoms. The molecule has 1 N–H and O–H groups in total. The summed E-state index contributed by atoms with van der Waals surface area (Å²) < 4.78 is 36.5. The highest BCUT2D eigenvalue weighted by atomic mass is 32.2. The Kier molecular flexibility index (Phi) is 6.08. The predicted molar refractivity (Wildman–Crippen MR) is 108 cm³/mol. The Morgan fingerprint density at radius 3 is 2.54 bits per heavy atom. The number of sulfonamides is 1. The summed E-state index contributed by atoms with van der Waals surface area (Å²) in [5, 5.41) is 2.79. The molecule has 0 radical (unpaired) electrons. The van der Waals surface area contributed by atoms with Crippen molar-refractivity contribution >= 4 is 21.6 Å². The van der Waals surface area contributed by atoms with Gasteiger partial charge in [-0.3, -0.25) is 9.10 Å². The number of aryl methyl sites for hydroxylation is 1. The number of hydrogen-bond acceptors (Lipinski definition) is 5. The summed E-state index contributed by atoms with van der Waals surface area (Å²) in [5.74, 6) is 1.07. The maximum absolute atomic E-state index is 12.3. The Morgan fingerprint density at radius 1 is 1.11 bits per heavy atom. The summed E-state index contributed by atoms with van der Waals surface area (Å²) in [6.07, 6.45) is 1.70. The molecule has 1 aliphatic rings. The van der Waals surface area contributed by atoms with E-state index in [4.69, 9.17) is 9.47 Å². The fraction of sp³-hybridized carbons (Fsp3) is 0.350. The molecular weight excluding hydrogens is 380 g/mol. The van der Waals surface area contributed by atoms with E-state index in [1.54, 1.807) is 12.1 Å². The van der Waals surface area contributed by atoms with Gasteiger partial charge in [0.05, 0.1) is 11.9 Å². The zero-order valence-electron chi connectivity index (χ0n) is 16.0. The Hall–Kier alpha value is -2.74. The molecule has 0 saturated heterocycles. The Morgan fingerprint density at radius 2 is 1.82 bits per heavy atom. The van der Waals surface area contributed by atoms with Crippen LogP contribution in [0.5, 0.6) is 11.5 Å². The first-order valence-electron chi connectivity index (χ1n) is 9.03. The van der Waals surface area contributed by atoms with Crippen molar-refractivity contribution in [2.24, 2.45) is 0 Å². The highest BCUT2D eigenvalue weighted by Gasteiger charge is 2.22. The van der Waals surface area contributed by atoms with E-state index in [9.17, 15) is 13.2 Å². The lowest BCUT2D eigenvalue weighted by molar-refractivity contribution is -0.119. The van der Waals surface area contributed by atoms with Crippen LogP contribution in [0.25, 0.3) is 0 Å². The molecule has 0 unspecified atom stereocenters. The normalized spacial score (nSPS) is 13.1. The van der Waals surface area contributed by atoms with Gasteiger partial charge in [-0.15, -0.1) is 0 Å². The summed E-state index contributed by atoms with van der Waals surface area (Å²) in [4.78, 5) is 12.3. The van der Waals surface area contributed by atoms with Crippen LogP contribution in [0.3, 0.4) is 0 Å². The minimum Gasteiger partial charge on any atom is -0.486 e. The molecule has 8 heteroatoms. The van der Waals surface area contributed by atoms with Gasteiger partial charge in [0.2, 0.25) is 15.9 Å². The second kappa shape index (κ2) is 8.52. The zero-order chi connectivity index (χ0) is 20.1. The van der Waals surface area contributed by atoms with Crippen LogP contribution in [-0.4, -0.2) is 46.9 Å². The number of para-hydroxylation sites is 1. The number of anilines is 1. The summed E-state index contributed by atoms with van der Waals surface area (Å²) in [6, 6.07) is 12.8. The minimum atomic E-state index is -3.58. The smallest absolute Gasteiger partial charge is 0.240 e. The first-order valence-corrected chi connectivity index (χ1v) is 10.9. The average molecular weight is 404 g/mol. The van der Waals surface area contributed by atoms with Crippen LogP contribution in [0.15, 0.2) is 42.5 Å². The van der Waals surface area contributed by atoms with Crippen molar-refractivity contribution in [1.82, 2.24) is 5.32 Å². The highest BCUT2D eigenvalue weighted by molar-refractivity contribution is 7.92. The minimum absolute atomic E-state index is 0.259. The maximum atomic E-state index is 12.3. The van der Waals surface area contributed by atoms with E-state index in [1.165, 1.54) is 0 Å². The van der Waals surface area contributed by atoms with Gasteiger partial charge in [-0.05, 0) is 42.7 Å². The number of hydrogen-bond donors (Lipinski definition) is 1. The molecule has 1 aliphatic heterocycles. The van der Waals surface area contributed by atoms with Crippen molar-refractivity contribution in [1.29, 1.82) is 0 Å². The van der Waals surface area contributed by atoms with Gasteiger partial charge < -0.3 is 14.8 Å². The molecule has 0 fully saturated rings. The summed E-state index contributed by atoms with van der Waals surface area (Å²) in [5.41, 5.74) is 2.30. The molecule has 2 aromatic rings. The molecule has 7 nitrogen and oxygen atoms in total. The van der Waals surface area contributed by atoms with E-state index in [2.05, 4.69) is 5.32 Å². The van der Waals surface area contributed by atoms with Crippen LogP contribution in [0.2, 0.25) is 0 Å². The van der Waals surface area contributed by atoms with Crippen molar-refractivity contribution in [3.05, 3.63) is 53.6 Å². The van der Waals surface area contributed by atoms with Crippen molar-refractivity contribution < 1.29 is 22.7 Å². The van der Waals surface area contributed by atoms with Crippen LogP contribution >= 0.6 is 0 Å². The number of nitrogens with one attached hydrogen (secondary N) is 1.